The number of benzene rings is 2. The van der Waals surface area contributed by atoms with Crippen molar-refractivity contribution in [2.24, 2.45) is 0 Å². The van der Waals surface area contributed by atoms with Crippen LogP contribution in [0.5, 0.6) is 0 Å². The number of fused-ring (bicyclic) bond motifs is 3. The van der Waals surface area contributed by atoms with Gasteiger partial charge in [-0.05, 0) is 37.1 Å². The molecule has 0 amide bonds. The van der Waals surface area contributed by atoms with E-state index in [9.17, 15) is 25.2 Å². The molecule has 0 aliphatic carbocycles. The zero-order valence-corrected chi connectivity index (χ0v) is 14.6. The summed E-state index contributed by atoms with van der Waals surface area (Å²) < 4.78 is 62.4. The Kier molecular flexibility index (Phi) is 3.85. The molecule has 2 aromatic rings. The standard InChI is InChI=1S/C14H12I.F6P/c1-9-5-3-7-11-13(9)14-10(2)6-4-8-12(14)15-11;1-7(2,3,4,5)6/h3-8H,1-2H3;/q+1;-1. The molecule has 3 rings (SSSR count). The van der Waals surface area contributed by atoms with Crippen LogP contribution in [0, 0.1) is 21.0 Å². The molecule has 1 heterocycles. The summed E-state index contributed by atoms with van der Waals surface area (Å²) in [6.45, 7) is 4.45. The van der Waals surface area contributed by atoms with E-state index in [1.54, 1.807) is 7.14 Å². The molecule has 0 bridgehead atoms. The summed E-state index contributed by atoms with van der Waals surface area (Å²) in [5, 5.41) is 0. The van der Waals surface area contributed by atoms with E-state index in [0.29, 0.717) is 0 Å². The van der Waals surface area contributed by atoms with Crippen molar-refractivity contribution >= 4 is 7.81 Å². The summed E-state index contributed by atoms with van der Waals surface area (Å²) in [7, 11) is -10.7. The van der Waals surface area contributed by atoms with Crippen molar-refractivity contribution in [3.8, 4) is 11.1 Å². The van der Waals surface area contributed by atoms with Crippen LogP contribution < -0.4 is 21.2 Å². The van der Waals surface area contributed by atoms with Crippen LogP contribution in [-0.2, 0) is 0 Å². The minimum absolute atomic E-state index is 0.0692. The minimum atomic E-state index is -10.7. The number of rotatable bonds is 0. The van der Waals surface area contributed by atoms with Gasteiger partial charge < -0.3 is 0 Å². The second-order valence-corrected chi connectivity index (χ2v) is 9.70. The average Bonchev–Trinajstić information content (AvgIpc) is 2.65. The third kappa shape index (κ3) is 5.12. The van der Waals surface area contributed by atoms with E-state index < -0.39 is 7.81 Å². The molecular weight excluding hydrogens is 440 g/mol. The molecule has 0 aromatic heterocycles. The second kappa shape index (κ2) is 4.84. The van der Waals surface area contributed by atoms with Crippen LogP contribution in [0.2, 0.25) is 0 Å². The van der Waals surface area contributed by atoms with Crippen LogP contribution in [0.1, 0.15) is 11.1 Å². The van der Waals surface area contributed by atoms with Crippen molar-refractivity contribution in [1.29, 1.82) is 0 Å². The van der Waals surface area contributed by atoms with Gasteiger partial charge in [-0.3, -0.25) is 0 Å². The Labute approximate surface area is 134 Å². The molecule has 8 heteroatoms. The summed E-state index contributed by atoms with van der Waals surface area (Å²) in [5.41, 5.74) is 5.91. The molecule has 1 aliphatic rings. The van der Waals surface area contributed by atoms with Crippen LogP contribution in [0.25, 0.3) is 11.1 Å². The van der Waals surface area contributed by atoms with Gasteiger partial charge in [-0.2, -0.15) is 0 Å². The van der Waals surface area contributed by atoms with E-state index in [1.807, 2.05) is 0 Å². The molecule has 2 aromatic carbocycles. The van der Waals surface area contributed by atoms with Crippen LogP contribution in [0.15, 0.2) is 36.4 Å². The molecule has 0 spiro atoms. The normalized spacial score (nSPS) is 15.8. The monoisotopic (exact) mass is 452 g/mol. The molecule has 22 heavy (non-hydrogen) atoms. The molecule has 0 saturated carbocycles. The van der Waals surface area contributed by atoms with E-state index in [2.05, 4.69) is 50.2 Å². The fourth-order valence-electron chi connectivity index (χ4n) is 2.16. The maximum atomic E-state index is 9.87. The van der Waals surface area contributed by atoms with Gasteiger partial charge in [-0.15, -0.1) is 0 Å². The van der Waals surface area contributed by atoms with Gasteiger partial charge in [0.1, 0.15) is 0 Å². The summed E-state index contributed by atoms with van der Waals surface area (Å²) in [4.78, 5) is 0. The van der Waals surface area contributed by atoms with Crippen LogP contribution in [-0.4, -0.2) is 0 Å². The van der Waals surface area contributed by atoms with Gasteiger partial charge in [0.15, 0.2) is 0 Å². The quantitative estimate of drug-likeness (QED) is 0.277. The van der Waals surface area contributed by atoms with Gasteiger partial charge in [0.25, 0.3) is 0 Å². The first-order valence-corrected chi connectivity index (χ1v) is 10.3. The van der Waals surface area contributed by atoms with E-state index in [1.165, 1.54) is 22.3 Å². The molecule has 0 atom stereocenters. The maximum absolute atomic E-state index is 10.7. The summed E-state index contributed by atoms with van der Waals surface area (Å²) in [5.74, 6) is 0. The Morgan fingerprint density at radius 2 is 1.00 bits per heavy atom. The number of halogens is 7. The van der Waals surface area contributed by atoms with Crippen molar-refractivity contribution in [1.82, 2.24) is 0 Å². The van der Waals surface area contributed by atoms with Crippen molar-refractivity contribution in [3.05, 3.63) is 54.7 Å². The SMILES string of the molecule is Cc1cccc2c1-c1c(C)cccc1[I+]2.F[P-](F)(F)(F)(F)F. The van der Waals surface area contributed by atoms with Gasteiger partial charge in [-0.25, -0.2) is 0 Å². The Hall–Kier alpha value is -0.820. The zero-order valence-electron chi connectivity index (χ0n) is 11.6. The van der Waals surface area contributed by atoms with Crippen LogP contribution in [0.4, 0.5) is 25.2 Å². The molecule has 0 fully saturated rings. The van der Waals surface area contributed by atoms with Gasteiger partial charge >= 0.3 is 54.2 Å². The van der Waals surface area contributed by atoms with Crippen molar-refractivity contribution in [3.63, 3.8) is 0 Å². The molecular formula is C14H12F6IP. The van der Waals surface area contributed by atoms with Gasteiger partial charge in [-0.1, -0.05) is 24.3 Å². The van der Waals surface area contributed by atoms with Crippen molar-refractivity contribution < 1.29 is 46.4 Å². The molecule has 0 N–H and O–H groups in total. The van der Waals surface area contributed by atoms with Crippen LogP contribution >= 0.6 is 7.81 Å². The zero-order chi connectivity index (χ0) is 16.8. The van der Waals surface area contributed by atoms with Gasteiger partial charge in [0.05, 0.1) is 0 Å². The number of hydrogen-bond acceptors (Lipinski definition) is 0. The molecule has 0 nitrogen and oxygen atoms in total. The Balaban J connectivity index is 0.000000217. The molecule has 0 radical (unpaired) electrons. The predicted molar refractivity (Wildman–Crippen MR) is 72.3 cm³/mol. The second-order valence-electron chi connectivity index (χ2n) is 4.92. The third-order valence-corrected chi connectivity index (χ3v) is 5.86. The van der Waals surface area contributed by atoms with Crippen molar-refractivity contribution in [2.45, 2.75) is 13.8 Å². The summed E-state index contributed by atoms with van der Waals surface area (Å²) in [6, 6.07) is 13.4. The molecule has 0 saturated heterocycles. The molecule has 1 aliphatic heterocycles. The first-order valence-electron chi connectivity index (χ1n) is 6.13. The van der Waals surface area contributed by atoms with E-state index in [0.717, 1.165) is 0 Å². The summed E-state index contributed by atoms with van der Waals surface area (Å²) in [6.07, 6.45) is 0. The first kappa shape index (κ1) is 17.5. The fraction of sp³-hybridized carbons (Fsp3) is 0.143. The Bertz CT molecular complexity index is 676. The molecule has 122 valence electrons. The van der Waals surface area contributed by atoms with Gasteiger partial charge in [0, 0.05) is 11.1 Å². The number of aryl methyl sites for hydroxylation is 2. The van der Waals surface area contributed by atoms with Crippen LogP contribution in [0.3, 0.4) is 0 Å². The summed E-state index contributed by atoms with van der Waals surface area (Å²) >= 11 is 0.0692. The predicted octanol–water partition coefficient (Wildman–Crippen LogP) is 3.79. The fourth-order valence-corrected chi connectivity index (χ4v) is 5.49. The van der Waals surface area contributed by atoms with Crippen molar-refractivity contribution in [2.75, 3.05) is 0 Å². The van der Waals surface area contributed by atoms with E-state index in [-0.39, 0.29) is 21.2 Å². The average molecular weight is 452 g/mol. The first-order chi connectivity index (χ1) is 9.72. The molecule has 0 unspecified atom stereocenters. The van der Waals surface area contributed by atoms with E-state index in [4.69, 9.17) is 0 Å². The Morgan fingerprint density at radius 1 is 0.682 bits per heavy atom. The third-order valence-electron chi connectivity index (χ3n) is 2.90. The van der Waals surface area contributed by atoms with Gasteiger partial charge in [0.2, 0.25) is 7.14 Å². The number of hydrogen-bond donors (Lipinski definition) is 0. The van der Waals surface area contributed by atoms with E-state index >= 15 is 0 Å². The topological polar surface area (TPSA) is 0 Å². The Morgan fingerprint density at radius 3 is 1.32 bits per heavy atom.